The van der Waals surface area contributed by atoms with E-state index in [1.54, 1.807) is 32.2 Å². The van der Waals surface area contributed by atoms with Crippen molar-refractivity contribution in [3.05, 3.63) is 47.0 Å². The van der Waals surface area contributed by atoms with Gasteiger partial charge in [0.05, 0.1) is 18.5 Å². The Morgan fingerprint density at radius 1 is 1.12 bits per heavy atom. The van der Waals surface area contributed by atoms with Crippen LogP contribution < -0.4 is 15.0 Å². The van der Waals surface area contributed by atoms with Crippen LogP contribution in [0.5, 0.6) is 5.88 Å². The van der Waals surface area contributed by atoms with E-state index in [4.69, 9.17) is 4.74 Å². The van der Waals surface area contributed by atoms with Gasteiger partial charge in [0.1, 0.15) is 29.3 Å². The molecule has 1 saturated heterocycles. The monoisotopic (exact) mass is 470 g/mol. The summed E-state index contributed by atoms with van der Waals surface area (Å²) in [4.78, 5) is 18.3. The summed E-state index contributed by atoms with van der Waals surface area (Å²) in [6.07, 6.45) is -1.07. The van der Waals surface area contributed by atoms with Crippen LogP contribution in [0, 0.1) is 12.7 Å². The first-order valence-electron chi connectivity index (χ1n) is 11.6. The molecule has 1 N–H and O–H groups in total. The maximum absolute atomic E-state index is 15.1. The van der Waals surface area contributed by atoms with Crippen LogP contribution in [-0.2, 0) is 6.42 Å². The molecule has 0 bridgehead atoms. The summed E-state index contributed by atoms with van der Waals surface area (Å²) in [5, 5.41) is 4.08. The minimum Gasteiger partial charge on any atom is -0.479 e. The van der Waals surface area contributed by atoms with E-state index in [9.17, 15) is 4.39 Å². The highest BCUT2D eigenvalue weighted by atomic mass is 19.1. The number of hydrogen-bond acceptors (Lipinski definition) is 7. The number of alkyl halides is 1. The van der Waals surface area contributed by atoms with Crippen molar-refractivity contribution in [1.82, 2.24) is 19.9 Å². The first kappa shape index (κ1) is 24.1. The van der Waals surface area contributed by atoms with E-state index in [-0.39, 0.29) is 12.2 Å². The van der Waals surface area contributed by atoms with Crippen LogP contribution in [0.3, 0.4) is 0 Å². The smallest absolute Gasteiger partial charge is 0.239 e. The highest BCUT2D eigenvalue weighted by Gasteiger charge is 2.22. The number of ether oxygens (including phenoxy) is 1. The van der Waals surface area contributed by atoms with Crippen molar-refractivity contribution in [1.29, 1.82) is 0 Å². The third-order valence-electron chi connectivity index (χ3n) is 6.21. The van der Waals surface area contributed by atoms with Gasteiger partial charge in [0, 0.05) is 38.2 Å². The SMILES string of the molecule is COc1nc2nc(C)nc(N[C@H](C)c3cccc(CC(C)F)c3F)c2cc1N1CCN(C)CC1. The molecule has 0 aliphatic carbocycles. The van der Waals surface area contributed by atoms with Crippen molar-refractivity contribution in [3.8, 4) is 5.88 Å². The van der Waals surface area contributed by atoms with Gasteiger partial charge in [-0.15, -0.1) is 0 Å². The number of rotatable bonds is 7. The predicted molar refractivity (Wildman–Crippen MR) is 131 cm³/mol. The molecule has 3 heterocycles. The number of fused-ring (bicyclic) bond motifs is 1. The number of halogens is 2. The normalized spacial score (nSPS) is 16.5. The Morgan fingerprint density at radius 3 is 2.53 bits per heavy atom. The highest BCUT2D eigenvalue weighted by molar-refractivity contribution is 5.90. The molecule has 182 valence electrons. The van der Waals surface area contributed by atoms with Crippen molar-refractivity contribution in [2.75, 3.05) is 50.6 Å². The van der Waals surface area contributed by atoms with Crippen LogP contribution in [-0.4, -0.2) is 66.4 Å². The van der Waals surface area contributed by atoms with Crippen molar-refractivity contribution in [3.63, 3.8) is 0 Å². The van der Waals surface area contributed by atoms with Crippen molar-refractivity contribution >= 4 is 22.5 Å². The molecule has 1 fully saturated rings. The minimum absolute atomic E-state index is 0.0417. The summed E-state index contributed by atoms with van der Waals surface area (Å²) in [6.45, 7) is 8.70. The number of pyridine rings is 1. The lowest BCUT2D eigenvalue weighted by Crippen LogP contribution is -2.44. The van der Waals surface area contributed by atoms with E-state index in [0.29, 0.717) is 34.3 Å². The van der Waals surface area contributed by atoms with Gasteiger partial charge in [-0.25, -0.2) is 18.7 Å². The molecule has 1 unspecified atom stereocenters. The van der Waals surface area contributed by atoms with Gasteiger partial charge < -0.3 is 19.9 Å². The molecule has 2 aromatic heterocycles. The third-order valence-corrected chi connectivity index (χ3v) is 6.21. The Morgan fingerprint density at radius 2 is 1.85 bits per heavy atom. The summed E-state index contributed by atoms with van der Waals surface area (Å²) in [5.41, 5.74) is 2.23. The second-order valence-electron chi connectivity index (χ2n) is 8.97. The summed E-state index contributed by atoms with van der Waals surface area (Å²) < 4.78 is 34.3. The molecular formula is C25H32F2N6O. The summed E-state index contributed by atoms with van der Waals surface area (Å²) >= 11 is 0. The van der Waals surface area contributed by atoms with E-state index in [0.717, 1.165) is 37.3 Å². The van der Waals surface area contributed by atoms with Crippen LogP contribution in [0.1, 0.15) is 36.8 Å². The van der Waals surface area contributed by atoms with Crippen LogP contribution in [0.25, 0.3) is 11.0 Å². The topological polar surface area (TPSA) is 66.4 Å². The predicted octanol–water partition coefficient (Wildman–Crippen LogP) is 4.31. The molecule has 0 saturated carbocycles. The average molecular weight is 471 g/mol. The molecular weight excluding hydrogens is 438 g/mol. The van der Waals surface area contributed by atoms with E-state index in [1.165, 1.54) is 6.92 Å². The van der Waals surface area contributed by atoms with E-state index in [1.807, 2.05) is 13.0 Å². The number of hydrogen-bond donors (Lipinski definition) is 1. The molecule has 9 heteroatoms. The summed E-state index contributed by atoms with van der Waals surface area (Å²) in [7, 11) is 3.71. The van der Waals surface area contributed by atoms with E-state index >= 15 is 4.39 Å². The lowest BCUT2D eigenvalue weighted by Gasteiger charge is -2.34. The molecule has 0 amide bonds. The van der Waals surface area contributed by atoms with Gasteiger partial charge in [0.25, 0.3) is 0 Å². The number of likely N-dealkylation sites (N-methyl/N-ethyl adjacent to an activating group) is 1. The highest BCUT2D eigenvalue weighted by Crippen LogP contribution is 2.34. The number of piperazine rings is 1. The van der Waals surface area contributed by atoms with E-state index < -0.39 is 12.2 Å². The first-order chi connectivity index (χ1) is 16.3. The maximum Gasteiger partial charge on any atom is 0.239 e. The molecule has 0 radical (unpaired) electrons. The Hall–Kier alpha value is -3.07. The number of methoxy groups -OCH3 is 1. The van der Waals surface area contributed by atoms with Crippen LogP contribution in [0.2, 0.25) is 0 Å². The zero-order valence-electron chi connectivity index (χ0n) is 20.4. The number of nitrogens with one attached hydrogen (secondary N) is 1. The molecule has 1 aliphatic heterocycles. The fourth-order valence-electron chi connectivity index (χ4n) is 4.35. The molecule has 1 aromatic carbocycles. The first-order valence-corrected chi connectivity index (χ1v) is 11.6. The maximum atomic E-state index is 15.1. The molecule has 0 spiro atoms. The van der Waals surface area contributed by atoms with Gasteiger partial charge in [-0.1, -0.05) is 18.2 Å². The van der Waals surface area contributed by atoms with Gasteiger partial charge in [-0.3, -0.25) is 0 Å². The number of nitrogens with zero attached hydrogens (tertiary/aromatic N) is 5. The molecule has 7 nitrogen and oxygen atoms in total. The second-order valence-corrected chi connectivity index (χ2v) is 8.97. The Labute approximate surface area is 199 Å². The van der Waals surface area contributed by atoms with E-state index in [2.05, 4.69) is 37.1 Å². The van der Waals surface area contributed by atoms with Crippen molar-refractivity contribution < 1.29 is 13.5 Å². The Bertz CT molecular complexity index is 1160. The van der Waals surface area contributed by atoms with Gasteiger partial charge in [0.15, 0.2) is 5.65 Å². The van der Waals surface area contributed by atoms with Crippen molar-refractivity contribution in [2.45, 2.75) is 39.4 Å². The summed E-state index contributed by atoms with van der Waals surface area (Å²) in [6, 6.07) is 6.70. The molecule has 4 rings (SSSR count). The number of benzene rings is 1. The number of anilines is 2. The number of aryl methyl sites for hydroxylation is 1. The van der Waals surface area contributed by atoms with Crippen molar-refractivity contribution in [2.24, 2.45) is 0 Å². The van der Waals surface area contributed by atoms with Gasteiger partial charge in [-0.2, -0.15) is 4.98 Å². The lowest BCUT2D eigenvalue weighted by atomic mass is 10.0. The van der Waals surface area contributed by atoms with Gasteiger partial charge >= 0.3 is 0 Å². The van der Waals surface area contributed by atoms with Gasteiger partial charge in [-0.05, 0) is 39.4 Å². The molecule has 34 heavy (non-hydrogen) atoms. The van der Waals surface area contributed by atoms with Crippen LogP contribution in [0.4, 0.5) is 20.3 Å². The molecule has 2 atom stereocenters. The second kappa shape index (κ2) is 10.0. The molecule has 1 aliphatic rings. The van der Waals surface area contributed by atoms with Crippen LogP contribution >= 0.6 is 0 Å². The van der Waals surface area contributed by atoms with Gasteiger partial charge in [0.2, 0.25) is 5.88 Å². The lowest BCUT2D eigenvalue weighted by molar-refractivity contribution is 0.310. The minimum atomic E-state index is -1.12. The standard InChI is InChI=1S/C25H32F2N6O/c1-15(26)13-18-7-6-8-19(22(18)27)16(2)28-23-20-14-21(33-11-9-32(4)10-12-33)25(34-5)31-24(20)30-17(3)29-23/h6-8,14-16H,9-13H2,1-5H3,(H,28,29,30,31)/t15?,16-/m1/s1. The fraction of sp³-hybridized carbons (Fsp3) is 0.480. The molecule has 3 aromatic rings. The zero-order chi connectivity index (χ0) is 24.4. The quantitative estimate of drug-likeness (QED) is 0.552. The Balaban J connectivity index is 1.72. The fourth-order valence-corrected chi connectivity index (χ4v) is 4.35. The average Bonchev–Trinajstić information content (AvgIpc) is 2.79. The third kappa shape index (κ3) is 5.04. The number of aromatic nitrogens is 3. The largest absolute Gasteiger partial charge is 0.479 e. The Kier molecular flexibility index (Phi) is 7.11. The summed E-state index contributed by atoms with van der Waals surface area (Å²) in [5.74, 6) is 1.25. The zero-order valence-corrected chi connectivity index (χ0v) is 20.4. The van der Waals surface area contributed by atoms with Crippen LogP contribution in [0.15, 0.2) is 24.3 Å².